The van der Waals surface area contributed by atoms with Gasteiger partial charge in [-0.2, -0.15) is 5.26 Å². The lowest BCUT2D eigenvalue weighted by Crippen LogP contribution is -2.44. The van der Waals surface area contributed by atoms with E-state index in [1.165, 1.54) is 0 Å². The van der Waals surface area contributed by atoms with Gasteiger partial charge in [-0.15, -0.1) is 0 Å². The molecule has 0 fully saturated rings. The van der Waals surface area contributed by atoms with Gasteiger partial charge in [-0.25, -0.2) is 0 Å². The van der Waals surface area contributed by atoms with Crippen LogP contribution in [-0.2, 0) is 11.3 Å². The van der Waals surface area contributed by atoms with Gasteiger partial charge in [-0.1, -0.05) is 0 Å². The van der Waals surface area contributed by atoms with Crippen LogP contribution in [0.2, 0.25) is 0 Å². The lowest BCUT2D eigenvalue weighted by atomic mass is 10.2. The predicted octanol–water partition coefficient (Wildman–Crippen LogP) is 1.15. The van der Waals surface area contributed by atoms with Crippen molar-refractivity contribution in [2.75, 3.05) is 0 Å². The highest BCUT2D eigenvalue weighted by atomic mass is 16.3. The molecule has 17 heavy (non-hydrogen) atoms. The highest BCUT2D eigenvalue weighted by Gasteiger charge is 2.13. The third kappa shape index (κ3) is 4.29. The molecule has 1 unspecified atom stereocenters. The van der Waals surface area contributed by atoms with Crippen molar-refractivity contribution in [2.45, 2.75) is 39.4 Å². The summed E-state index contributed by atoms with van der Waals surface area (Å²) in [7, 11) is 0. The molecule has 0 aromatic carbocycles. The summed E-state index contributed by atoms with van der Waals surface area (Å²) in [6, 6.07) is 5.07. The van der Waals surface area contributed by atoms with Crippen LogP contribution in [0.4, 0.5) is 0 Å². The zero-order valence-electron chi connectivity index (χ0n) is 10.3. The largest absolute Gasteiger partial charge is 0.449 e. The molecule has 1 aromatic heterocycles. The number of hydrogen-bond donors (Lipinski definition) is 2. The molecule has 0 radical (unpaired) electrons. The molecule has 1 amide bonds. The lowest BCUT2D eigenvalue weighted by molar-refractivity contribution is -0.123. The Labute approximate surface area is 101 Å². The Morgan fingerprint density at radius 2 is 2.18 bits per heavy atom. The molecule has 1 rings (SSSR count). The van der Waals surface area contributed by atoms with Gasteiger partial charge >= 0.3 is 0 Å². The van der Waals surface area contributed by atoms with Crippen LogP contribution in [0.3, 0.4) is 0 Å². The second-order valence-corrected chi connectivity index (χ2v) is 4.14. The quantitative estimate of drug-likeness (QED) is 0.802. The molecular weight excluding hydrogens is 218 g/mol. The first kappa shape index (κ1) is 13.3. The summed E-state index contributed by atoms with van der Waals surface area (Å²) in [5.74, 6) is 0.874. The normalized spacial score (nSPS) is 12.2. The van der Waals surface area contributed by atoms with Crippen LogP contribution in [0.15, 0.2) is 16.5 Å². The average molecular weight is 235 g/mol. The van der Waals surface area contributed by atoms with E-state index in [1.54, 1.807) is 19.1 Å². The molecule has 5 heteroatoms. The fourth-order valence-electron chi connectivity index (χ4n) is 1.29. The standard InChI is InChI=1S/C12H17N3O2/c1-8(2)15-12(16)9(3)14-7-11-5-4-10(6-13)17-11/h4-5,8-9,14H,7H2,1-3H3,(H,15,16). The van der Waals surface area contributed by atoms with Gasteiger partial charge in [-0.05, 0) is 32.9 Å². The number of furan rings is 1. The second kappa shape index (κ2) is 6.06. The number of rotatable bonds is 5. The second-order valence-electron chi connectivity index (χ2n) is 4.14. The van der Waals surface area contributed by atoms with Crippen LogP contribution in [0, 0.1) is 11.3 Å². The number of amides is 1. The van der Waals surface area contributed by atoms with Crippen molar-refractivity contribution >= 4 is 5.91 Å². The number of hydrogen-bond acceptors (Lipinski definition) is 4. The maximum atomic E-state index is 11.6. The van der Waals surface area contributed by atoms with Gasteiger partial charge in [-0.3, -0.25) is 10.1 Å². The fourth-order valence-corrected chi connectivity index (χ4v) is 1.29. The lowest BCUT2D eigenvalue weighted by Gasteiger charge is -2.15. The number of carbonyl (C=O) groups excluding carboxylic acids is 1. The van der Waals surface area contributed by atoms with Gasteiger partial charge in [0.15, 0.2) is 0 Å². The summed E-state index contributed by atoms with van der Waals surface area (Å²) in [6.07, 6.45) is 0. The van der Waals surface area contributed by atoms with Crippen molar-refractivity contribution in [1.29, 1.82) is 5.26 Å². The molecule has 92 valence electrons. The van der Waals surface area contributed by atoms with E-state index in [2.05, 4.69) is 10.6 Å². The summed E-state index contributed by atoms with van der Waals surface area (Å²) in [6.45, 7) is 6.03. The van der Waals surface area contributed by atoms with Crippen LogP contribution in [0.5, 0.6) is 0 Å². The molecule has 0 aliphatic heterocycles. The van der Waals surface area contributed by atoms with E-state index in [4.69, 9.17) is 9.68 Å². The summed E-state index contributed by atoms with van der Waals surface area (Å²) in [4.78, 5) is 11.6. The molecular formula is C12H17N3O2. The summed E-state index contributed by atoms with van der Waals surface area (Å²) in [5.41, 5.74) is 0. The van der Waals surface area contributed by atoms with Gasteiger partial charge < -0.3 is 9.73 Å². The maximum absolute atomic E-state index is 11.6. The molecule has 1 atom stereocenters. The Balaban J connectivity index is 2.40. The zero-order valence-corrected chi connectivity index (χ0v) is 10.3. The molecule has 0 saturated carbocycles. The van der Waals surface area contributed by atoms with Crippen molar-refractivity contribution in [1.82, 2.24) is 10.6 Å². The maximum Gasteiger partial charge on any atom is 0.237 e. The van der Waals surface area contributed by atoms with Crippen molar-refractivity contribution in [3.05, 3.63) is 23.7 Å². The number of carbonyl (C=O) groups is 1. The first-order valence-corrected chi connectivity index (χ1v) is 5.55. The minimum absolute atomic E-state index is 0.0490. The van der Waals surface area contributed by atoms with Crippen LogP contribution in [-0.4, -0.2) is 18.0 Å². The van der Waals surface area contributed by atoms with Gasteiger partial charge in [0.25, 0.3) is 0 Å². The topological polar surface area (TPSA) is 78.1 Å². The average Bonchev–Trinajstić information content (AvgIpc) is 2.72. The van der Waals surface area contributed by atoms with E-state index in [1.807, 2.05) is 19.9 Å². The third-order valence-electron chi connectivity index (χ3n) is 2.18. The number of nitrogens with zero attached hydrogens (tertiary/aromatic N) is 1. The molecule has 2 N–H and O–H groups in total. The predicted molar refractivity (Wildman–Crippen MR) is 63.0 cm³/mol. The van der Waals surface area contributed by atoms with Crippen molar-refractivity contribution in [3.8, 4) is 6.07 Å². The van der Waals surface area contributed by atoms with Crippen LogP contribution >= 0.6 is 0 Å². The van der Waals surface area contributed by atoms with E-state index in [9.17, 15) is 4.79 Å². The highest BCUT2D eigenvalue weighted by molar-refractivity contribution is 5.81. The first-order valence-electron chi connectivity index (χ1n) is 5.55. The van der Waals surface area contributed by atoms with E-state index >= 15 is 0 Å². The fraction of sp³-hybridized carbons (Fsp3) is 0.500. The number of nitrogens with one attached hydrogen (secondary N) is 2. The zero-order chi connectivity index (χ0) is 12.8. The molecule has 1 aromatic rings. The Kier molecular flexibility index (Phi) is 4.73. The first-order chi connectivity index (χ1) is 8.02. The van der Waals surface area contributed by atoms with Crippen molar-refractivity contribution < 1.29 is 9.21 Å². The monoisotopic (exact) mass is 235 g/mol. The van der Waals surface area contributed by atoms with Crippen LogP contribution in [0.1, 0.15) is 32.3 Å². The van der Waals surface area contributed by atoms with E-state index in [0.29, 0.717) is 12.3 Å². The molecule has 0 saturated heterocycles. The molecule has 5 nitrogen and oxygen atoms in total. The Morgan fingerprint density at radius 1 is 1.47 bits per heavy atom. The highest BCUT2D eigenvalue weighted by Crippen LogP contribution is 2.06. The molecule has 0 bridgehead atoms. The Morgan fingerprint density at radius 3 is 2.71 bits per heavy atom. The number of nitriles is 1. The molecule has 0 aliphatic rings. The van der Waals surface area contributed by atoms with Crippen molar-refractivity contribution in [3.63, 3.8) is 0 Å². The van der Waals surface area contributed by atoms with E-state index in [0.717, 1.165) is 0 Å². The smallest absolute Gasteiger partial charge is 0.237 e. The summed E-state index contributed by atoms with van der Waals surface area (Å²) < 4.78 is 5.19. The van der Waals surface area contributed by atoms with Crippen LogP contribution < -0.4 is 10.6 Å². The summed E-state index contributed by atoms with van der Waals surface area (Å²) in [5, 5.41) is 14.4. The van der Waals surface area contributed by atoms with Gasteiger partial charge in [0.1, 0.15) is 11.8 Å². The van der Waals surface area contributed by atoms with Crippen LogP contribution in [0.25, 0.3) is 0 Å². The minimum atomic E-state index is -0.298. The third-order valence-corrected chi connectivity index (χ3v) is 2.18. The Bertz CT molecular complexity index is 418. The van der Waals surface area contributed by atoms with E-state index in [-0.39, 0.29) is 23.8 Å². The minimum Gasteiger partial charge on any atom is -0.449 e. The van der Waals surface area contributed by atoms with E-state index < -0.39 is 0 Å². The van der Waals surface area contributed by atoms with Crippen molar-refractivity contribution in [2.24, 2.45) is 0 Å². The molecule has 1 heterocycles. The van der Waals surface area contributed by atoms with Gasteiger partial charge in [0.2, 0.25) is 11.7 Å². The summed E-state index contributed by atoms with van der Waals surface area (Å²) >= 11 is 0. The van der Waals surface area contributed by atoms with Gasteiger partial charge in [0.05, 0.1) is 12.6 Å². The Hall–Kier alpha value is -1.80. The van der Waals surface area contributed by atoms with Gasteiger partial charge in [0, 0.05) is 6.04 Å². The molecule has 0 spiro atoms. The molecule has 0 aliphatic carbocycles. The SMILES string of the molecule is CC(C)NC(=O)C(C)NCc1ccc(C#N)o1.